The van der Waals surface area contributed by atoms with Crippen molar-refractivity contribution in [1.29, 1.82) is 0 Å². The molecular formula is C16H16N4O. The van der Waals surface area contributed by atoms with Gasteiger partial charge in [0.25, 0.3) is 0 Å². The first kappa shape index (κ1) is 13.2. The van der Waals surface area contributed by atoms with Crippen LogP contribution in [-0.2, 0) is 0 Å². The summed E-state index contributed by atoms with van der Waals surface area (Å²) in [5.74, 6) is 0.779. The number of rotatable bonds is 4. The van der Waals surface area contributed by atoms with Crippen molar-refractivity contribution in [3.8, 4) is 5.75 Å². The van der Waals surface area contributed by atoms with E-state index in [0.29, 0.717) is 0 Å². The van der Waals surface area contributed by atoms with Gasteiger partial charge in [0.2, 0.25) is 6.29 Å². The fourth-order valence-corrected chi connectivity index (χ4v) is 2.17. The minimum atomic E-state index is -0.263. The fraction of sp³-hybridized carbons (Fsp3) is 0.125. The first-order valence-corrected chi connectivity index (χ1v) is 6.66. The molecule has 0 amide bonds. The van der Waals surface area contributed by atoms with Crippen LogP contribution in [0.25, 0.3) is 0 Å². The molecular weight excluding hydrogens is 264 g/mol. The van der Waals surface area contributed by atoms with Crippen LogP contribution in [-0.4, -0.2) is 26.1 Å². The van der Waals surface area contributed by atoms with E-state index in [2.05, 4.69) is 15.3 Å². The summed E-state index contributed by atoms with van der Waals surface area (Å²) in [6.45, 7) is 0. The molecule has 21 heavy (non-hydrogen) atoms. The lowest BCUT2D eigenvalue weighted by molar-refractivity contribution is 0.415. The predicted octanol–water partition coefficient (Wildman–Crippen LogP) is 2.97. The second-order valence-electron chi connectivity index (χ2n) is 4.49. The van der Waals surface area contributed by atoms with Crippen molar-refractivity contribution in [2.75, 3.05) is 17.3 Å². The van der Waals surface area contributed by atoms with Gasteiger partial charge in [-0.1, -0.05) is 30.3 Å². The van der Waals surface area contributed by atoms with Crippen LogP contribution in [0.1, 0.15) is 0 Å². The minimum Gasteiger partial charge on any atom is -0.495 e. The standard InChI is InChI=1S/C16H16N4O/c1-21-15-10-6-5-9-14(15)20-12-17-11-18-16(20)19-13-7-3-2-4-8-13/h2-12,16,19H,1H3. The van der Waals surface area contributed by atoms with E-state index in [1.54, 1.807) is 19.8 Å². The van der Waals surface area contributed by atoms with Crippen LogP contribution < -0.4 is 15.0 Å². The maximum atomic E-state index is 5.41. The van der Waals surface area contributed by atoms with Crippen LogP contribution in [0.2, 0.25) is 0 Å². The van der Waals surface area contributed by atoms with Gasteiger partial charge in [0.1, 0.15) is 18.4 Å². The number of nitrogens with one attached hydrogen (secondary N) is 1. The van der Waals surface area contributed by atoms with Crippen LogP contribution in [0, 0.1) is 0 Å². The first-order valence-electron chi connectivity index (χ1n) is 6.66. The van der Waals surface area contributed by atoms with Crippen LogP contribution in [0.5, 0.6) is 5.75 Å². The van der Waals surface area contributed by atoms with Gasteiger partial charge in [-0.05, 0) is 24.3 Å². The fourth-order valence-electron chi connectivity index (χ4n) is 2.17. The third kappa shape index (κ3) is 2.86. The van der Waals surface area contributed by atoms with Gasteiger partial charge < -0.3 is 10.1 Å². The zero-order valence-electron chi connectivity index (χ0n) is 11.7. The SMILES string of the molecule is COc1ccccc1N1C=NC=NC1Nc1ccccc1. The molecule has 1 unspecified atom stereocenters. The second kappa shape index (κ2) is 6.09. The first-order chi connectivity index (χ1) is 10.4. The largest absolute Gasteiger partial charge is 0.495 e. The van der Waals surface area contributed by atoms with Crippen LogP contribution >= 0.6 is 0 Å². The number of hydrogen-bond acceptors (Lipinski definition) is 5. The van der Waals surface area contributed by atoms with E-state index in [9.17, 15) is 0 Å². The van der Waals surface area contributed by atoms with Crippen molar-refractivity contribution >= 4 is 24.1 Å². The molecule has 1 N–H and O–H groups in total. The summed E-state index contributed by atoms with van der Waals surface area (Å²) in [5.41, 5.74) is 1.91. The molecule has 5 heteroatoms. The van der Waals surface area contributed by atoms with Gasteiger partial charge in [0.05, 0.1) is 12.8 Å². The van der Waals surface area contributed by atoms with E-state index >= 15 is 0 Å². The highest BCUT2D eigenvalue weighted by Gasteiger charge is 2.20. The summed E-state index contributed by atoms with van der Waals surface area (Å²) in [4.78, 5) is 10.4. The Morgan fingerprint density at radius 1 is 1.05 bits per heavy atom. The molecule has 1 aliphatic heterocycles. The quantitative estimate of drug-likeness (QED) is 0.936. The lowest BCUT2D eigenvalue weighted by Gasteiger charge is -2.30. The van der Waals surface area contributed by atoms with E-state index in [4.69, 9.17) is 4.74 Å². The summed E-state index contributed by atoms with van der Waals surface area (Å²) in [6, 6.07) is 17.7. The highest BCUT2D eigenvalue weighted by Crippen LogP contribution is 2.29. The molecule has 0 spiro atoms. The van der Waals surface area contributed by atoms with E-state index in [0.717, 1.165) is 17.1 Å². The highest BCUT2D eigenvalue weighted by molar-refractivity contribution is 5.89. The maximum absolute atomic E-state index is 5.41. The normalized spacial score (nSPS) is 16.8. The number of para-hydroxylation sites is 3. The minimum absolute atomic E-state index is 0.263. The molecule has 0 saturated carbocycles. The van der Waals surface area contributed by atoms with Gasteiger partial charge >= 0.3 is 0 Å². The average Bonchev–Trinajstić information content (AvgIpc) is 2.56. The van der Waals surface area contributed by atoms with Gasteiger partial charge in [-0.25, -0.2) is 9.98 Å². The molecule has 0 aromatic heterocycles. The lowest BCUT2D eigenvalue weighted by Crippen LogP contribution is -2.40. The second-order valence-corrected chi connectivity index (χ2v) is 4.49. The van der Waals surface area contributed by atoms with Crippen molar-refractivity contribution in [1.82, 2.24) is 0 Å². The molecule has 0 saturated heterocycles. The zero-order valence-corrected chi connectivity index (χ0v) is 11.7. The highest BCUT2D eigenvalue weighted by atomic mass is 16.5. The van der Waals surface area contributed by atoms with Crippen LogP contribution in [0.15, 0.2) is 64.6 Å². The van der Waals surface area contributed by atoms with Gasteiger partial charge in [-0.15, -0.1) is 0 Å². The molecule has 0 fully saturated rings. The number of ether oxygens (including phenoxy) is 1. The monoisotopic (exact) mass is 280 g/mol. The number of anilines is 2. The number of benzene rings is 2. The third-order valence-corrected chi connectivity index (χ3v) is 3.16. The van der Waals surface area contributed by atoms with Gasteiger partial charge in [-0.3, -0.25) is 4.90 Å². The van der Waals surface area contributed by atoms with Crippen LogP contribution in [0.3, 0.4) is 0 Å². The van der Waals surface area contributed by atoms with Gasteiger partial charge in [-0.2, -0.15) is 0 Å². The van der Waals surface area contributed by atoms with E-state index in [-0.39, 0.29) is 6.29 Å². The molecule has 0 bridgehead atoms. The maximum Gasteiger partial charge on any atom is 0.203 e. The molecule has 0 radical (unpaired) electrons. The van der Waals surface area contributed by atoms with Gasteiger partial charge in [0.15, 0.2) is 0 Å². The Morgan fingerprint density at radius 2 is 1.81 bits per heavy atom. The van der Waals surface area contributed by atoms with E-state index < -0.39 is 0 Å². The van der Waals surface area contributed by atoms with Crippen LogP contribution in [0.4, 0.5) is 11.4 Å². The van der Waals surface area contributed by atoms with Gasteiger partial charge in [0, 0.05) is 5.69 Å². The Kier molecular flexibility index (Phi) is 3.82. The molecule has 106 valence electrons. The molecule has 2 aromatic rings. The average molecular weight is 280 g/mol. The Bertz CT molecular complexity index is 654. The van der Waals surface area contributed by atoms with E-state index in [1.165, 1.54) is 0 Å². The number of methoxy groups -OCH3 is 1. The Morgan fingerprint density at radius 3 is 2.62 bits per heavy atom. The number of hydrogen-bond donors (Lipinski definition) is 1. The summed E-state index contributed by atoms with van der Waals surface area (Å²) in [5, 5.41) is 3.36. The third-order valence-electron chi connectivity index (χ3n) is 3.16. The van der Waals surface area contributed by atoms with Crippen molar-refractivity contribution in [2.24, 2.45) is 9.98 Å². The molecule has 3 rings (SSSR count). The topological polar surface area (TPSA) is 49.2 Å². The predicted molar refractivity (Wildman–Crippen MR) is 86.3 cm³/mol. The Balaban J connectivity index is 1.89. The zero-order chi connectivity index (χ0) is 14.5. The summed E-state index contributed by atoms with van der Waals surface area (Å²) < 4.78 is 5.41. The molecule has 1 atom stereocenters. The molecule has 2 aromatic carbocycles. The molecule has 1 heterocycles. The van der Waals surface area contributed by atoms with Crippen molar-refractivity contribution < 1.29 is 4.74 Å². The summed E-state index contributed by atoms with van der Waals surface area (Å²) >= 11 is 0. The summed E-state index contributed by atoms with van der Waals surface area (Å²) in [6.07, 6.45) is 3.03. The number of aliphatic imine (C=N–C) groups is 2. The Labute approximate surface area is 123 Å². The molecule has 1 aliphatic rings. The number of nitrogens with zero attached hydrogens (tertiary/aromatic N) is 3. The lowest BCUT2D eigenvalue weighted by atomic mass is 10.2. The smallest absolute Gasteiger partial charge is 0.203 e. The molecule has 5 nitrogen and oxygen atoms in total. The Hall–Kier alpha value is -2.82. The molecule has 0 aliphatic carbocycles. The van der Waals surface area contributed by atoms with E-state index in [1.807, 2.05) is 59.5 Å². The van der Waals surface area contributed by atoms with Crippen molar-refractivity contribution in [3.05, 3.63) is 54.6 Å². The summed E-state index contributed by atoms with van der Waals surface area (Å²) in [7, 11) is 1.66. The van der Waals surface area contributed by atoms with Crippen molar-refractivity contribution in [2.45, 2.75) is 6.29 Å². The van der Waals surface area contributed by atoms with Crippen molar-refractivity contribution in [3.63, 3.8) is 0 Å².